The zero-order chi connectivity index (χ0) is 16.2. The molecule has 0 radical (unpaired) electrons. The van der Waals surface area contributed by atoms with Crippen molar-refractivity contribution in [3.8, 4) is 5.75 Å². The lowest BCUT2D eigenvalue weighted by Crippen LogP contribution is -2.38. The lowest BCUT2D eigenvalue weighted by atomic mass is 10.1. The summed E-state index contributed by atoms with van der Waals surface area (Å²) in [6.07, 6.45) is -0.210. The minimum absolute atomic E-state index is 0.131. The molecular formula is C15H17F2N3O3. The molecule has 2 heterocycles. The summed E-state index contributed by atoms with van der Waals surface area (Å²) in [6, 6.07) is 6.60. The standard InChI is InChI=1S/C15H17F2N3O3/c1-10-18-14(19-23-10)9-20-5-6-21-13(8-20)11-3-2-4-12(7-11)22-15(16)17/h2-4,7,13,15H,5-6,8-9H2,1H3. The molecule has 3 rings (SSSR count). The first-order valence-corrected chi connectivity index (χ1v) is 7.28. The fraction of sp³-hybridized carbons (Fsp3) is 0.467. The van der Waals surface area contributed by atoms with E-state index in [1.807, 2.05) is 6.07 Å². The van der Waals surface area contributed by atoms with Gasteiger partial charge in [0, 0.05) is 20.0 Å². The number of nitrogens with zero attached hydrogens (tertiary/aromatic N) is 3. The van der Waals surface area contributed by atoms with Crippen molar-refractivity contribution in [3.63, 3.8) is 0 Å². The van der Waals surface area contributed by atoms with Crippen molar-refractivity contribution in [2.45, 2.75) is 26.2 Å². The third kappa shape index (κ3) is 4.23. The van der Waals surface area contributed by atoms with Crippen LogP contribution in [0, 0.1) is 6.92 Å². The fourth-order valence-corrected chi connectivity index (χ4v) is 2.54. The van der Waals surface area contributed by atoms with Gasteiger partial charge in [0.25, 0.3) is 0 Å². The average molecular weight is 325 g/mol. The van der Waals surface area contributed by atoms with E-state index in [0.717, 1.165) is 12.1 Å². The lowest BCUT2D eigenvalue weighted by Gasteiger charge is -2.32. The highest BCUT2D eigenvalue weighted by atomic mass is 19.3. The summed E-state index contributed by atoms with van der Waals surface area (Å²) < 4.78 is 39.8. The van der Waals surface area contributed by atoms with E-state index in [-0.39, 0.29) is 11.9 Å². The van der Waals surface area contributed by atoms with E-state index in [4.69, 9.17) is 9.26 Å². The summed E-state index contributed by atoms with van der Waals surface area (Å²) in [4.78, 5) is 6.32. The number of benzene rings is 1. The molecule has 1 aliphatic rings. The van der Waals surface area contributed by atoms with Crippen molar-refractivity contribution >= 4 is 0 Å². The minimum Gasteiger partial charge on any atom is -0.435 e. The number of ether oxygens (including phenoxy) is 2. The van der Waals surface area contributed by atoms with Gasteiger partial charge in [0.05, 0.1) is 19.3 Å². The van der Waals surface area contributed by atoms with E-state index in [0.29, 0.717) is 31.4 Å². The maximum atomic E-state index is 12.3. The molecule has 0 bridgehead atoms. The van der Waals surface area contributed by atoms with Crippen LogP contribution in [0.15, 0.2) is 28.8 Å². The van der Waals surface area contributed by atoms with E-state index < -0.39 is 6.61 Å². The van der Waals surface area contributed by atoms with Crippen LogP contribution in [0.3, 0.4) is 0 Å². The molecule has 1 aromatic carbocycles. The molecule has 124 valence electrons. The van der Waals surface area contributed by atoms with Gasteiger partial charge in [0.15, 0.2) is 5.82 Å². The molecule has 1 unspecified atom stereocenters. The molecule has 0 spiro atoms. The summed E-state index contributed by atoms with van der Waals surface area (Å²) in [6.45, 7) is 1.37. The van der Waals surface area contributed by atoms with Crippen LogP contribution in [-0.2, 0) is 11.3 Å². The second kappa shape index (κ2) is 7.01. The van der Waals surface area contributed by atoms with Gasteiger partial charge in [0.2, 0.25) is 5.89 Å². The van der Waals surface area contributed by atoms with Crippen LogP contribution in [0.5, 0.6) is 5.75 Å². The Morgan fingerprint density at radius 2 is 2.30 bits per heavy atom. The molecule has 1 aromatic heterocycles. The first kappa shape index (κ1) is 15.8. The maximum Gasteiger partial charge on any atom is 0.387 e. The fourth-order valence-electron chi connectivity index (χ4n) is 2.54. The molecule has 2 aromatic rings. The molecule has 23 heavy (non-hydrogen) atoms. The quantitative estimate of drug-likeness (QED) is 0.842. The number of rotatable bonds is 5. The van der Waals surface area contributed by atoms with Crippen molar-refractivity contribution in [2.75, 3.05) is 19.7 Å². The average Bonchev–Trinajstić information content (AvgIpc) is 2.92. The smallest absolute Gasteiger partial charge is 0.387 e. The van der Waals surface area contributed by atoms with Crippen molar-refractivity contribution < 1.29 is 22.8 Å². The summed E-state index contributed by atoms with van der Waals surface area (Å²) in [5.74, 6) is 1.28. The monoisotopic (exact) mass is 325 g/mol. The van der Waals surface area contributed by atoms with E-state index in [1.165, 1.54) is 6.07 Å². The molecule has 1 saturated heterocycles. The maximum absolute atomic E-state index is 12.3. The van der Waals surface area contributed by atoms with Crippen molar-refractivity contribution in [3.05, 3.63) is 41.5 Å². The van der Waals surface area contributed by atoms with Crippen LogP contribution < -0.4 is 4.74 Å². The second-order valence-electron chi connectivity index (χ2n) is 5.28. The van der Waals surface area contributed by atoms with E-state index in [1.54, 1.807) is 19.1 Å². The number of halogens is 2. The summed E-state index contributed by atoms with van der Waals surface area (Å²) in [5.41, 5.74) is 0.803. The lowest BCUT2D eigenvalue weighted by molar-refractivity contribution is -0.0509. The van der Waals surface area contributed by atoms with Gasteiger partial charge in [-0.2, -0.15) is 13.8 Å². The van der Waals surface area contributed by atoms with Crippen LogP contribution >= 0.6 is 0 Å². The van der Waals surface area contributed by atoms with E-state index in [2.05, 4.69) is 19.8 Å². The van der Waals surface area contributed by atoms with Gasteiger partial charge in [-0.15, -0.1) is 0 Å². The molecule has 6 nitrogen and oxygen atoms in total. The molecule has 0 saturated carbocycles. The number of aromatic nitrogens is 2. The normalized spacial score (nSPS) is 19.2. The van der Waals surface area contributed by atoms with Gasteiger partial charge in [-0.3, -0.25) is 4.90 Å². The van der Waals surface area contributed by atoms with Gasteiger partial charge < -0.3 is 14.0 Å². The first-order chi connectivity index (χ1) is 11.1. The van der Waals surface area contributed by atoms with E-state index in [9.17, 15) is 8.78 Å². The second-order valence-corrected chi connectivity index (χ2v) is 5.28. The van der Waals surface area contributed by atoms with Crippen molar-refractivity contribution in [2.24, 2.45) is 0 Å². The van der Waals surface area contributed by atoms with Gasteiger partial charge in [0.1, 0.15) is 5.75 Å². The Bertz CT molecular complexity index is 650. The summed E-state index contributed by atoms with van der Waals surface area (Å²) in [5, 5.41) is 3.88. The topological polar surface area (TPSA) is 60.6 Å². The SMILES string of the molecule is Cc1nc(CN2CCOC(c3cccc(OC(F)F)c3)C2)no1. The first-order valence-electron chi connectivity index (χ1n) is 7.28. The highest BCUT2D eigenvalue weighted by molar-refractivity contribution is 5.30. The van der Waals surface area contributed by atoms with E-state index >= 15 is 0 Å². The highest BCUT2D eigenvalue weighted by Gasteiger charge is 2.23. The molecule has 8 heteroatoms. The predicted octanol–water partition coefficient (Wildman–Crippen LogP) is 2.55. The van der Waals surface area contributed by atoms with Crippen LogP contribution in [0.1, 0.15) is 23.4 Å². The molecule has 0 aliphatic carbocycles. The molecule has 1 fully saturated rings. The minimum atomic E-state index is -2.84. The van der Waals surface area contributed by atoms with Gasteiger partial charge >= 0.3 is 6.61 Å². The van der Waals surface area contributed by atoms with Crippen molar-refractivity contribution in [1.29, 1.82) is 0 Å². The number of aryl methyl sites for hydroxylation is 1. The van der Waals surface area contributed by atoms with Gasteiger partial charge in [-0.1, -0.05) is 17.3 Å². The molecule has 0 N–H and O–H groups in total. The number of hydrogen-bond donors (Lipinski definition) is 0. The number of hydrogen-bond acceptors (Lipinski definition) is 6. The Balaban J connectivity index is 1.66. The Kier molecular flexibility index (Phi) is 4.82. The Hall–Kier alpha value is -2.06. The zero-order valence-electron chi connectivity index (χ0n) is 12.6. The zero-order valence-corrected chi connectivity index (χ0v) is 12.6. The largest absolute Gasteiger partial charge is 0.435 e. The molecule has 0 amide bonds. The summed E-state index contributed by atoms with van der Waals surface area (Å²) >= 11 is 0. The predicted molar refractivity (Wildman–Crippen MR) is 76.1 cm³/mol. The van der Waals surface area contributed by atoms with Crippen LogP contribution in [0.4, 0.5) is 8.78 Å². The number of alkyl halides is 2. The van der Waals surface area contributed by atoms with Gasteiger partial charge in [-0.05, 0) is 17.7 Å². The molecule has 1 atom stereocenters. The van der Waals surface area contributed by atoms with Crippen molar-refractivity contribution in [1.82, 2.24) is 15.0 Å². The Labute approximate surface area is 132 Å². The van der Waals surface area contributed by atoms with Crippen LogP contribution in [0.2, 0.25) is 0 Å². The van der Waals surface area contributed by atoms with Gasteiger partial charge in [-0.25, -0.2) is 0 Å². The Morgan fingerprint density at radius 3 is 3.04 bits per heavy atom. The molecular weight excluding hydrogens is 308 g/mol. The van der Waals surface area contributed by atoms with Crippen LogP contribution in [0.25, 0.3) is 0 Å². The summed E-state index contributed by atoms with van der Waals surface area (Å²) in [7, 11) is 0. The Morgan fingerprint density at radius 1 is 1.43 bits per heavy atom. The third-order valence-electron chi connectivity index (χ3n) is 3.54. The van der Waals surface area contributed by atoms with Crippen LogP contribution in [-0.4, -0.2) is 41.3 Å². The third-order valence-corrected chi connectivity index (χ3v) is 3.54. The number of morpholine rings is 1. The molecule has 1 aliphatic heterocycles. The highest BCUT2D eigenvalue weighted by Crippen LogP contribution is 2.26.